The van der Waals surface area contributed by atoms with Gasteiger partial charge in [-0.05, 0) is 6.92 Å². The molecule has 0 unspecified atom stereocenters. The average Bonchev–Trinajstić information content (AvgIpc) is 2.43. The van der Waals surface area contributed by atoms with Crippen LogP contribution in [0.4, 0.5) is 0 Å². The van der Waals surface area contributed by atoms with Crippen molar-refractivity contribution in [3.63, 3.8) is 0 Å². The summed E-state index contributed by atoms with van der Waals surface area (Å²) in [5, 5.41) is 13.5. The maximum Gasteiger partial charge on any atom is 0.355 e. The van der Waals surface area contributed by atoms with Gasteiger partial charge >= 0.3 is 5.97 Å². The number of aromatic carboxylic acids is 1. The van der Waals surface area contributed by atoms with Gasteiger partial charge in [0.25, 0.3) is 0 Å². The van der Waals surface area contributed by atoms with Crippen LogP contribution in [-0.4, -0.2) is 30.8 Å². The van der Waals surface area contributed by atoms with E-state index >= 15 is 0 Å². The van der Waals surface area contributed by atoms with Crippen LogP contribution in [0.15, 0.2) is 6.33 Å². The Morgan fingerprint density at radius 3 is 2.86 bits per heavy atom. The number of carboxylic acid groups (broad SMARTS) is 1. The molecule has 2 aromatic heterocycles. The van der Waals surface area contributed by atoms with Gasteiger partial charge < -0.3 is 5.11 Å². The Morgan fingerprint density at radius 1 is 1.50 bits per heavy atom. The Hall–Kier alpha value is -1.98. The number of nitrogens with zero attached hydrogens (tertiary/aromatic N) is 4. The van der Waals surface area contributed by atoms with Crippen LogP contribution in [0.25, 0.3) is 11.0 Å². The summed E-state index contributed by atoms with van der Waals surface area (Å²) in [4.78, 5) is 18.5. The molecule has 0 aliphatic heterocycles. The standard InChI is InChI=1S/C8H8N4O2/c1-4-5-6(8(13)14)9-3-10-7(5)12(2)11-4/h3H,1-2H3,(H,13,14). The van der Waals surface area contributed by atoms with Gasteiger partial charge in [0.15, 0.2) is 11.3 Å². The molecule has 0 bridgehead atoms. The number of carbonyl (C=O) groups is 1. The first-order chi connectivity index (χ1) is 6.61. The Morgan fingerprint density at radius 2 is 2.21 bits per heavy atom. The molecule has 1 N–H and O–H groups in total. The zero-order chi connectivity index (χ0) is 10.3. The molecule has 14 heavy (non-hydrogen) atoms. The Balaban J connectivity index is 2.92. The first-order valence-electron chi connectivity index (χ1n) is 3.99. The van der Waals surface area contributed by atoms with Crippen LogP contribution < -0.4 is 0 Å². The second-order valence-corrected chi connectivity index (χ2v) is 2.94. The van der Waals surface area contributed by atoms with E-state index < -0.39 is 5.97 Å². The molecule has 2 rings (SSSR count). The predicted molar refractivity (Wildman–Crippen MR) is 48.0 cm³/mol. The van der Waals surface area contributed by atoms with E-state index in [1.165, 1.54) is 6.33 Å². The van der Waals surface area contributed by atoms with Crippen LogP contribution in [-0.2, 0) is 7.05 Å². The van der Waals surface area contributed by atoms with Gasteiger partial charge in [0.2, 0.25) is 0 Å². The second kappa shape index (κ2) is 2.76. The number of hydrogen-bond acceptors (Lipinski definition) is 4. The number of aromatic nitrogens is 4. The molecule has 0 saturated heterocycles. The van der Waals surface area contributed by atoms with Crippen molar-refractivity contribution >= 4 is 17.0 Å². The monoisotopic (exact) mass is 192 g/mol. The largest absolute Gasteiger partial charge is 0.476 e. The fourth-order valence-electron chi connectivity index (χ4n) is 1.44. The normalized spacial score (nSPS) is 10.7. The summed E-state index contributed by atoms with van der Waals surface area (Å²) in [6, 6.07) is 0. The van der Waals surface area contributed by atoms with Gasteiger partial charge in [0, 0.05) is 7.05 Å². The third kappa shape index (κ3) is 1.04. The first kappa shape index (κ1) is 8.61. The van der Waals surface area contributed by atoms with Crippen LogP contribution in [0.1, 0.15) is 16.2 Å². The van der Waals surface area contributed by atoms with Crippen molar-refractivity contribution in [2.24, 2.45) is 7.05 Å². The summed E-state index contributed by atoms with van der Waals surface area (Å²) in [6.45, 7) is 1.73. The summed E-state index contributed by atoms with van der Waals surface area (Å²) < 4.78 is 1.54. The molecule has 0 aromatic carbocycles. The zero-order valence-corrected chi connectivity index (χ0v) is 7.72. The number of carboxylic acids is 1. The Bertz CT molecular complexity index is 517. The van der Waals surface area contributed by atoms with Gasteiger partial charge in [-0.15, -0.1) is 0 Å². The first-order valence-corrected chi connectivity index (χ1v) is 3.99. The second-order valence-electron chi connectivity index (χ2n) is 2.94. The molecule has 0 aliphatic rings. The lowest BCUT2D eigenvalue weighted by molar-refractivity contribution is 0.0692. The summed E-state index contributed by atoms with van der Waals surface area (Å²) in [5.41, 5.74) is 1.16. The molecule has 2 heterocycles. The van der Waals surface area contributed by atoms with E-state index in [-0.39, 0.29) is 5.69 Å². The lowest BCUT2D eigenvalue weighted by Gasteiger charge is -1.95. The zero-order valence-electron chi connectivity index (χ0n) is 7.72. The molecule has 0 saturated carbocycles. The van der Waals surface area contributed by atoms with Gasteiger partial charge in [0.1, 0.15) is 6.33 Å². The highest BCUT2D eigenvalue weighted by Gasteiger charge is 2.16. The minimum Gasteiger partial charge on any atom is -0.476 e. The van der Waals surface area contributed by atoms with E-state index in [0.29, 0.717) is 16.7 Å². The number of hydrogen-bond donors (Lipinski definition) is 1. The fourth-order valence-corrected chi connectivity index (χ4v) is 1.44. The Kier molecular flexibility index (Phi) is 1.70. The van der Waals surface area contributed by atoms with Gasteiger partial charge in [-0.25, -0.2) is 14.8 Å². The van der Waals surface area contributed by atoms with E-state index in [9.17, 15) is 4.79 Å². The maximum atomic E-state index is 10.8. The maximum absolute atomic E-state index is 10.8. The molecule has 72 valence electrons. The van der Waals surface area contributed by atoms with E-state index in [1.54, 1.807) is 18.7 Å². The Labute approximate surface area is 79.2 Å². The summed E-state index contributed by atoms with van der Waals surface area (Å²) in [5.74, 6) is -1.06. The molecule has 6 nitrogen and oxygen atoms in total. The van der Waals surface area contributed by atoms with Crippen molar-refractivity contribution in [3.8, 4) is 0 Å². The van der Waals surface area contributed by atoms with Crippen molar-refractivity contribution in [2.75, 3.05) is 0 Å². The number of fused-ring (bicyclic) bond motifs is 1. The van der Waals surface area contributed by atoms with Crippen molar-refractivity contribution in [1.29, 1.82) is 0 Å². The van der Waals surface area contributed by atoms with Crippen LogP contribution in [0.3, 0.4) is 0 Å². The molecule has 0 amide bonds. The molecule has 2 aromatic rings. The third-order valence-electron chi connectivity index (χ3n) is 2.00. The quantitative estimate of drug-likeness (QED) is 0.705. The average molecular weight is 192 g/mol. The van der Waals surface area contributed by atoms with Crippen molar-refractivity contribution < 1.29 is 9.90 Å². The van der Waals surface area contributed by atoms with Crippen LogP contribution in [0.5, 0.6) is 0 Å². The molecule has 0 atom stereocenters. The van der Waals surface area contributed by atoms with Crippen molar-refractivity contribution in [3.05, 3.63) is 17.7 Å². The van der Waals surface area contributed by atoms with E-state index in [2.05, 4.69) is 15.1 Å². The van der Waals surface area contributed by atoms with Crippen LogP contribution in [0, 0.1) is 6.92 Å². The lowest BCUT2D eigenvalue weighted by atomic mass is 10.2. The summed E-state index contributed by atoms with van der Waals surface area (Å²) >= 11 is 0. The smallest absolute Gasteiger partial charge is 0.355 e. The van der Waals surface area contributed by atoms with Crippen molar-refractivity contribution in [2.45, 2.75) is 6.92 Å². The van der Waals surface area contributed by atoms with Gasteiger partial charge in [-0.3, -0.25) is 4.68 Å². The third-order valence-corrected chi connectivity index (χ3v) is 2.00. The van der Waals surface area contributed by atoms with E-state index in [1.807, 2.05) is 0 Å². The fraction of sp³-hybridized carbons (Fsp3) is 0.250. The molecular weight excluding hydrogens is 184 g/mol. The van der Waals surface area contributed by atoms with Crippen LogP contribution >= 0.6 is 0 Å². The molecule has 0 spiro atoms. The highest BCUT2D eigenvalue weighted by atomic mass is 16.4. The van der Waals surface area contributed by atoms with Gasteiger partial charge in [-0.2, -0.15) is 5.10 Å². The highest BCUT2D eigenvalue weighted by Crippen LogP contribution is 2.17. The molecule has 0 aliphatic carbocycles. The summed E-state index contributed by atoms with van der Waals surface area (Å²) in [7, 11) is 1.72. The minimum atomic E-state index is -1.06. The molecule has 0 fully saturated rings. The van der Waals surface area contributed by atoms with Gasteiger partial charge in [0.05, 0.1) is 11.1 Å². The SMILES string of the molecule is Cc1nn(C)c2ncnc(C(=O)O)c12. The molecule has 6 heteroatoms. The number of aryl methyl sites for hydroxylation is 2. The van der Waals surface area contributed by atoms with E-state index in [4.69, 9.17) is 5.11 Å². The molecular formula is C8H8N4O2. The lowest BCUT2D eigenvalue weighted by Crippen LogP contribution is -2.02. The molecule has 0 radical (unpaired) electrons. The number of rotatable bonds is 1. The highest BCUT2D eigenvalue weighted by molar-refractivity contribution is 6.00. The van der Waals surface area contributed by atoms with E-state index in [0.717, 1.165) is 0 Å². The topological polar surface area (TPSA) is 80.9 Å². The predicted octanol–water partition coefficient (Wildman–Crippen LogP) is 0.370. The van der Waals surface area contributed by atoms with Gasteiger partial charge in [-0.1, -0.05) is 0 Å². The van der Waals surface area contributed by atoms with Crippen molar-refractivity contribution in [1.82, 2.24) is 19.7 Å². The minimum absolute atomic E-state index is 0.000556. The summed E-state index contributed by atoms with van der Waals surface area (Å²) in [6.07, 6.45) is 1.23. The van der Waals surface area contributed by atoms with Crippen LogP contribution in [0.2, 0.25) is 0 Å².